The molecule has 2 aromatic heterocycles. The molecule has 7 heteroatoms. The molecule has 2 aromatic rings. The van der Waals surface area contributed by atoms with Crippen LogP contribution in [0, 0.1) is 0 Å². The van der Waals surface area contributed by atoms with Crippen molar-refractivity contribution in [2.75, 3.05) is 13.7 Å². The molecule has 0 aliphatic rings. The van der Waals surface area contributed by atoms with Crippen LogP contribution >= 0.6 is 15.9 Å². The lowest BCUT2D eigenvalue weighted by atomic mass is 10.1. The van der Waals surface area contributed by atoms with Gasteiger partial charge in [-0.25, -0.2) is 14.5 Å². The van der Waals surface area contributed by atoms with Gasteiger partial charge in [-0.3, -0.25) is 0 Å². The Morgan fingerprint density at radius 1 is 1.41 bits per heavy atom. The van der Waals surface area contributed by atoms with E-state index in [-0.39, 0.29) is 11.6 Å². The van der Waals surface area contributed by atoms with Crippen molar-refractivity contribution < 1.29 is 14.3 Å². The summed E-state index contributed by atoms with van der Waals surface area (Å²) in [7, 11) is 1.57. The lowest BCUT2D eigenvalue weighted by Crippen LogP contribution is -2.08. The Morgan fingerprint density at radius 3 is 2.73 bits per heavy atom. The summed E-state index contributed by atoms with van der Waals surface area (Å²) in [6, 6.07) is 3.54. The molecule has 0 bridgehead atoms. The molecule has 0 saturated carbocycles. The fourth-order valence-corrected chi connectivity index (χ4v) is 2.35. The van der Waals surface area contributed by atoms with Gasteiger partial charge in [0.1, 0.15) is 10.3 Å². The van der Waals surface area contributed by atoms with Gasteiger partial charge < -0.3 is 9.47 Å². The Morgan fingerprint density at radius 2 is 2.14 bits per heavy atom. The number of nitrogens with zero attached hydrogens (tertiary/aromatic N) is 3. The van der Waals surface area contributed by atoms with Crippen molar-refractivity contribution >= 4 is 21.9 Å². The Hall–Kier alpha value is -1.89. The third-order valence-corrected chi connectivity index (χ3v) is 3.51. The maximum atomic E-state index is 11.9. The molecule has 0 atom stereocenters. The van der Waals surface area contributed by atoms with Gasteiger partial charge in [0.05, 0.1) is 19.9 Å². The van der Waals surface area contributed by atoms with Gasteiger partial charge in [0.15, 0.2) is 11.4 Å². The van der Waals surface area contributed by atoms with Crippen LogP contribution in [0.5, 0.6) is 5.75 Å². The molecule has 0 spiro atoms. The number of hydrogen-bond acceptors (Lipinski definition) is 5. The molecule has 0 aliphatic heterocycles. The van der Waals surface area contributed by atoms with E-state index < -0.39 is 5.97 Å². The average Bonchev–Trinajstić information content (AvgIpc) is 2.92. The van der Waals surface area contributed by atoms with Crippen molar-refractivity contribution in [3.63, 3.8) is 0 Å². The zero-order chi connectivity index (χ0) is 16.3. The minimum atomic E-state index is -0.435. The minimum absolute atomic E-state index is 0.173. The molecule has 0 aliphatic carbocycles. The predicted molar refractivity (Wildman–Crippen MR) is 85.7 cm³/mol. The van der Waals surface area contributed by atoms with Crippen LogP contribution in [0.4, 0.5) is 0 Å². The van der Waals surface area contributed by atoms with Crippen molar-refractivity contribution in [2.24, 2.45) is 0 Å². The second kappa shape index (κ2) is 6.91. The van der Waals surface area contributed by atoms with Crippen molar-refractivity contribution in [3.05, 3.63) is 34.3 Å². The zero-order valence-corrected chi connectivity index (χ0v) is 14.5. The van der Waals surface area contributed by atoms with Crippen LogP contribution in [0.15, 0.2) is 22.9 Å². The standard InChI is InChI=1S/C15H18BrN3O3/c1-5-22-15(20)10-6-11(9(2)3)19(18-10)12-7-14(16)17-8-13(12)21-4/h6-9H,5H2,1-4H3. The Balaban J connectivity index is 2.59. The van der Waals surface area contributed by atoms with Crippen molar-refractivity contribution in [2.45, 2.75) is 26.7 Å². The molecule has 0 unspecified atom stereocenters. The van der Waals surface area contributed by atoms with E-state index in [2.05, 4.69) is 26.0 Å². The highest BCUT2D eigenvalue weighted by molar-refractivity contribution is 9.10. The maximum Gasteiger partial charge on any atom is 0.358 e. The van der Waals surface area contributed by atoms with Crippen LogP contribution in [0.1, 0.15) is 42.9 Å². The summed E-state index contributed by atoms with van der Waals surface area (Å²) < 4.78 is 12.7. The van der Waals surface area contributed by atoms with E-state index in [0.29, 0.717) is 22.6 Å². The Bertz CT molecular complexity index is 683. The predicted octanol–water partition coefficient (Wildman–Crippen LogP) is 3.34. The van der Waals surface area contributed by atoms with Crippen LogP contribution in [0.3, 0.4) is 0 Å². The third kappa shape index (κ3) is 3.30. The van der Waals surface area contributed by atoms with E-state index in [1.807, 2.05) is 13.8 Å². The van der Waals surface area contributed by atoms with Crippen LogP contribution in [-0.2, 0) is 4.74 Å². The fraction of sp³-hybridized carbons (Fsp3) is 0.400. The highest BCUT2D eigenvalue weighted by atomic mass is 79.9. The summed E-state index contributed by atoms with van der Waals surface area (Å²) in [6.45, 7) is 6.14. The molecule has 0 amide bonds. The number of hydrogen-bond donors (Lipinski definition) is 0. The zero-order valence-electron chi connectivity index (χ0n) is 13.0. The fourth-order valence-electron chi connectivity index (χ4n) is 2.03. The molecule has 0 aromatic carbocycles. The molecule has 2 rings (SSSR count). The van der Waals surface area contributed by atoms with Gasteiger partial charge in [-0.05, 0) is 34.8 Å². The molecule has 0 radical (unpaired) electrons. The minimum Gasteiger partial charge on any atom is -0.493 e. The van der Waals surface area contributed by atoms with Gasteiger partial charge >= 0.3 is 5.97 Å². The summed E-state index contributed by atoms with van der Waals surface area (Å²) in [5.74, 6) is 0.311. The Labute approximate surface area is 137 Å². The topological polar surface area (TPSA) is 66.2 Å². The van der Waals surface area contributed by atoms with E-state index >= 15 is 0 Å². The Kier molecular flexibility index (Phi) is 5.18. The molecular formula is C15H18BrN3O3. The van der Waals surface area contributed by atoms with Gasteiger partial charge in [0.2, 0.25) is 0 Å². The first-order chi connectivity index (χ1) is 10.5. The molecule has 2 heterocycles. The normalized spacial score (nSPS) is 10.8. The number of carbonyl (C=O) groups excluding carboxylic acids is 1. The molecule has 6 nitrogen and oxygen atoms in total. The van der Waals surface area contributed by atoms with Gasteiger partial charge in [-0.2, -0.15) is 5.10 Å². The quantitative estimate of drug-likeness (QED) is 0.598. The molecule has 118 valence electrons. The van der Waals surface area contributed by atoms with E-state index in [1.54, 1.807) is 37.0 Å². The highest BCUT2D eigenvalue weighted by Gasteiger charge is 2.20. The van der Waals surface area contributed by atoms with Crippen molar-refractivity contribution in [1.29, 1.82) is 0 Å². The SMILES string of the molecule is CCOC(=O)c1cc(C(C)C)n(-c2cc(Br)ncc2OC)n1. The lowest BCUT2D eigenvalue weighted by Gasteiger charge is -2.13. The summed E-state index contributed by atoms with van der Waals surface area (Å²) >= 11 is 3.35. The van der Waals surface area contributed by atoms with Crippen LogP contribution in [0.2, 0.25) is 0 Å². The van der Waals surface area contributed by atoms with Gasteiger partial charge in [0, 0.05) is 11.8 Å². The van der Waals surface area contributed by atoms with Crippen LogP contribution < -0.4 is 4.74 Å². The number of carbonyl (C=O) groups is 1. The van der Waals surface area contributed by atoms with E-state index in [4.69, 9.17) is 9.47 Å². The van der Waals surface area contributed by atoms with Gasteiger partial charge in [-0.1, -0.05) is 13.8 Å². The van der Waals surface area contributed by atoms with Crippen LogP contribution in [0.25, 0.3) is 5.69 Å². The second-order valence-electron chi connectivity index (χ2n) is 4.92. The number of rotatable bonds is 5. The molecule has 22 heavy (non-hydrogen) atoms. The number of pyridine rings is 1. The third-order valence-electron chi connectivity index (χ3n) is 3.07. The molecule has 0 saturated heterocycles. The summed E-state index contributed by atoms with van der Waals surface area (Å²) in [4.78, 5) is 16.1. The highest BCUT2D eigenvalue weighted by Crippen LogP contribution is 2.28. The number of methoxy groups -OCH3 is 1. The number of ether oxygens (including phenoxy) is 2. The van der Waals surface area contributed by atoms with Crippen LogP contribution in [-0.4, -0.2) is 34.5 Å². The van der Waals surface area contributed by atoms with E-state index in [9.17, 15) is 4.79 Å². The first-order valence-electron chi connectivity index (χ1n) is 6.94. The second-order valence-corrected chi connectivity index (χ2v) is 5.73. The monoisotopic (exact) mass is 367 g/mol. The number of aromatic nitrogens is 3. The molecule has 0 fully saturated rings. The van der Waals surface area contributed by atoms with E-state index in [0.717, 1.165) is 5.69 Å². The average molecular weight is 368 g/mol. The van der Waals surface area contributed by atoms with Gasteiger partial charge in [0.25, 0.3) is 0 Å². The number of esters is 1. The maximum absolute atomic E-state index is 11.9. The number of halogens is 1. The molecule has 0 N–H and O–H groups in total. The first kappa shape index (κ1) is 16.5. The lowest BCUT2D eigenvalue weighted by molar-refractivity contribution is 0.0519. The summed E-state index contributed by atoms with van der Waals surface area (Å²) in [5, 5.41) is 4.38. The summed E-state index contributed by atoms with van der Waals surface area (Å²) in [5.41, 5.74) is 1.88. The van der Waals surface area contributed by atoms with E-state index in [1.165, 1.54) is 0 Å². The first-order valence-corrected chi connectivity index (χ1v) is 7.74. The summed E-state index contributed by atoms with van der Waals surface area (Å²) in [6.07, 6.45) is 1.61. The largest absolute Gasteiger partial charge is 0.493 e. The molecular weight excluding hydrogens is 350 g/mol. The van der Waals surface area contributed by atoms with Gasteiger partial charge in [-0.15, -0.1) is 0 Å². The van der Waals surface area contributed by atoms with Crippen molar-refractivity contribution in [1.82, 2.24) is 14.8 Å². The smallest absolute Gasteiger partial charge is 0.358 e. The van der Waals surface area contributed by atoms with Crippen molar-refractivity contribution in [3.8, 4) is 11.4 Å².